The molecule has 0 bridgehead atoms. The Labute approximate surface area is 113 Å². The summed E-state index contributed by atoms with van der Waals surface area (Å²) in [4.78, 5) is 2.37. The van der Waals surface area contributed by atoms with E-state index < -0.39 is 0 Å². The van der Waals surface area contributed by atoms with Gasteiger partial charge in [-0.1, -0.05) is 6.92 Å². The number of rotatable bonds is 5. The Bertz CT molecular complexity index is 378. The van der Waals surface area contributed by atoms with Gasteiger partial charge in [0.2, 0.25) is 0 Å². The van der Waals surface area contributed by atoms with Crippen LogP contribution in [0.5, 0.6) is 0 Å². The van der Waals surface area contributed by atoms with Crippen molar-refractivity contribution in [1.82, 2.24) is 5.32 Å². The number of benzene rings is 1. The van der Waals surface area contributed by atoms with E-state index in [4.69, 9.17) is 0 Å². The fraction of sp³-hybridized carbons (Fsp3) is 0.571. The zero-order valence-electron chi connectivity index (χ0n) is 10.9. The van der Waals surface area contributed by atoms with Gasteiger partial charge in [-0.2, -0.15) is 11.8 Å². The number of hydrogen-bond acceptors (Lipinski definition) is 3. The molecule has 1 aliphatic heterocycles. The molecule has 1 aliphatic rings. The van der Waals surface area contributed by atoms with E-state index in [1.54, 1.807) is 12.1 Å². The van der Waals surface area contributed by atoms with Crippen molar-refractivity contribution in [2.75, 3.05) is 36.0 Å². The van der Waals surface area contributed by atoms with Gasteiger partial charge in [-0.05, 0) is 36.7 Å². The molecule has 18 heavy (non-hydrogen) atoms. The van der Waals surface area contributed by atoms with Crippen LogP contribution in [-0.4, -0.2) is 31.1 Å². The molecule has 1 aromatic rings. The molecule has 0 atom stereocenters. The molecule has 0 aromatic heterocycles. The van der Waals surface area contributed by atoms with Gasteiger partial charge in [-0.3, -0.25) is 0 Å². The van der Waals surface area contributed by atoms with Crippen LogP contribution in [0.1, 0.15) is 18.9 Å². The van der Waals surface area contributed by atoms with Crippen LogP contribution in [0.4, 0.5) is 10.1 Å². The van der Waals surface area contributed by atoms with Gasteiger partial charge >= 0.3 is 0 Å². The highest BCUT2D eigenvalue weighted by molar-refractivity contribution is 7.99. The molecule has 0 saturated carbocycles. The third-order valence-corrected chi connectivity index (χ3v) is 4.08. The number of hydrogen-bond donors (Lipinski definition) is 1. The molecule has 1 heterocycles. The number of halogens is 1. The van der Waals surface area contributed by atoms with Crippen LogP contribution in [0, 0.1) is 5.82 Å². The molecule has 0 spiro atoms. The lowest BCUT2D eigenvalue weighted by molar-refractivity contribution is 0.618. The molecule has 4 heteroatoms. The summed E-state index contributed by atoms with van der Waals surface area (Å²) in [5, 5.41) is 3.36. The van der Waals surface area contributed by atoms with Crippen molar-refractivity contribution < 1.29 is 4.39 Å². The lowest BCUT2D eigenvalue weighted by atomic mass is 10.1. The second-order valence-electron chi connectivity index (χ2n) is 4.55. The van der Waals surface area contributed by atoms with Gasteiger partial charge in [0.15, 0.2) is 0 Å². The van der Waals surface area contributed by atoms with Crippen molar-refractivity contribution >= 4 is 17.4 Å². The van der Waals surface area contributed by atoms with Crippen molar-refractivity contribution in [3.05, 3.63) is 29.6 Å². The summed E-state index contributed by atoms with van der Waals surface area (Å²) in [6.07, 6.45) is 1.10. The first-order valence-electron chi connectivity index (χ1n) is 6.63. The second kappa shape index (κ2) is 7.00. The Morgan fingerprint density at radius 3 is 2.83 bits per heavy atom. The van der Waals surface area contributed by atoms with Crippen LogP contribution in [0.2, 0.25) is 0 Å². The van der Waals surface area contributed by atoms with Gasteiger partial charge < -0.3 is 10.2 Å². The van der Waals surface area contributed by atoms with E-state index in [0.29, 0.717) is 0 Å². The fourth-order valence-electron chi connectivity index (χ4n) is 2.21. The molecule has 1 aromatic carbocycles. The largest absolute Gasteiger partial charge is 0.370 e. The van der Waals surface area contributed by atoms with Crippen molar-refractivity contribution in [3.8, 4) is 0 Å². The monoisotopic (exact) mass is 268 g/mol. The highest BCUT2D eigenvalue weighted by Crippen LogP contribution is 2.24. The topological polar surface area (TPSA) is 15.3 Å². The smallest absolute Gasteiger partial charge is 0.123 e. The summed E-state index contributed by atoms with van der Waals surface area (Å²) in [6.45, 7) is 6.01. The van der Waals surface area contributed by atoms with Gasteiger partial charge in [0.1, 0.15) is 5.82 Å². The van der Waals surface area contributed by atoms with Crippen molar-refractivity contribution in [1.29, 1.82) is 0 Å². The first-order valence-corrected chi connectivity index (χ1v) is 7.78. The van der Waals surface area contributed by atoms with Gasteiger partial charge in [0.25, 0.3) is 0 Å². The van der Waals surface area contributed by atoms with Crippen LogP contribution in [-0.2, 0) is 6.54 Å². The SMILES string of the molecule is CCCNCc1cc(F)ccc1N1CCSCC1. The molecule has 0 unspecified atom stereocenters. The van der Waals surface area contributed by atoms with Crippen molar-refractivity contribution in [3.63, 3.8) is 0 Å². The first kappa shape index (κ1) is 13.7. The predicted molar refractivity (Wildman–Crippen MR) is 77.9 cm³/mol. The quantitative estimate of drug-likeness (QED) is 0.827. The number of thioether (sulfide) groups is 1. The third kappa shape index (κ3) is 3.62. The Kier molecular flexibility index (Phi) is 5.32. The average molecular weight is 268 g/mol. The number of anilines is 1. The van der Waals surface area contributed by atoms with E-state index in [-0.39, 0.29) is 5.82 Å². The van der Waals surface area contributed by atoms with Crippen LogP contribution >= 0.6 is 11.8 Å². The summed E-state index contributed by atoms with van der Waals surface area (Å²) >= 11 is 1.99. The van der Waals surface area contributed by atoms with Crippen LogP contribution in [0.25, 0.3) is 0 Å². The minimum atomic E-state index is -0.140. The minimum Gasteiger partial charge on any atom is -0.370 e. The van der Waals surface area contributed by atoms with Crippen molar-refractivity contribution in [2.45, 2.75) is 19.9 Å². The van der Waals surface area contributed by atoms with Crippen molar-refractivity contribution in [2.24, 2.45) is 0 Å². The molecule has 0 amide bonds. The number of nitrogens with one attached hydrogen (secondary N) is 1. The normalized spacial score (nSPS) is 16.0. The van der Waals surface area contributed by atoms with Crippen LogP contribution in [0.15, 0.2) is 18.2 Å². The van der Waals surface area contributed by atoms with E-state index in [1.165, 1.54) is 17.2 Å². The third-order valence-electron chi connectivity index (χ3n) is 3.14. The van der Waals surface area contributed by atoms with Crippen LogP contribution in [0.3, 0.4) is 0 Å². The van der Waals surface area contributed by atoms with E-state index in [2.05, 4.69) is 17.1 Å². The Hall–Kier alpha value is -0.740. The number of nitrogens with zero attached hydrogens (tertiary/aromatic N) is 1. The molecule has 0 radical (unpaired) electrons. The summed E-state index contributed by atoms with van der Waals surface area (Å²) < 4.78 is 13.4. The van der Waals surface area contributed by atoms with E-state index >= 15 is 0 Å². The standard InChI is InChI=1S/C14H21FN2S/c1-2-5-16-11-12-10-13(15)3-4-14(12)17-6-8-18-9-7-17/h3-4,10,16H,2,5-9,11H2,1H3. The lowest BCUT2D eigenvalue weighted by Gasteiger charge is -2.30. The van der Waals surface area contributed by atoms with E-state index in [1.807, 2.05) is 17.8 Å². The zero-order chi connectivity index (χ0) is 12.8. The summed E-state index contributed by atoms with van der Waals surface area (Å²) in [7, 11) is 0. The van der Waals surface area contributed by atoms with Gasteiger partial charge in [-0.25, -0.2) is 4.39 Å². The van der Waals surface area contributed by atoms with Gasteiger partial charge in [-0.15, -0.1) is 0 Å². The summed E-state index contributed by atoms with van der Waals surface area (Å²) in [6, 6.07) is 5.16. The molecule has 2 nitrogen and oxygen atoms in total. The molecular formula is C14H21FN2S. The molecule has 100 valence electrons. The molecule has 1 fully saturated rings. The molecule has 2 rings (SSSR count). The van der Waals surface area contributed by atoms with E-state index in [0.717, 1.165) is 38.2 Å². The zero-order valence-corrected chi connectivity index (χ0v) is 11.7. The summed E-state index contributed by atoms with van der Waals surface area (Å²) in [5.41, 5.74) is 2.27. The summed E-state index contributed by atoms with van der Waals surface area (Å²) in [5.74, 6) is 2.19. The van der Waals surface area contributed by atoms with Gasteiger partial charge in [0, 0.05) is 36.8 Å². The molecule has 1 N–H and O–H groups in total. The highest BCUT2D eigenvalue weighted by Gasteiger charge is 2.14. The lowest BCUT2D eigenvalue weighted by Crippen LogP contribution is -2.33. The fourth-order valence-corrected chi connectivity index (χ4v) is 3.11. The average Bonchev–Trinajstić information content (AvgIpc) is 2.40. The maximum absolute atomic E-state index is 13.4. The highest BCUT2D eigenvalue weighted by atomic mass is 32.2. The Morgan fingerprint density at radius 1 is 1.33 bits per heavy atom. The molecular weight excluding hydrogens is 247 g/mol. The molecule has 1 saturated heterocycles. The molecule has 0 aliphatic carbocycles. The Morgan fingerprint density at radius 2 is 2.11 bits per heavy atom. The maximum Gasteiger partial charge on any atom is 0.123 e. The minimum absolute atomic E-state index is 0.140. The second-order valence-corrected chi connectivity index (χ2v) is 5.77. The predicted octanol–water partition coefficient (Wildman–Crippen LogP) is 2.88. The maximum atomic E-state index is 13.4. The Balaban J connectivity index is 2.11. The van der Waals surface area contributed by atoms with Crippen LogP contribution < -0.4 is 10.2 Å². The van der Waals surface area contributed by atoms with Gasteiger partial charge in [0.05, 0.1) is 0 Å². The first-order chi connectivity index (χ1) is 8.81. The van der Waals surface area contributed by atoms with E-state index in [9.17, 15) is 4.39 Å².